The molecule has 1 fully saturated rings. The maximum absolute atomic E-state index is 12.3. The highest BCUT2D eigenvalue weighted by Gasteiger charge is 2.43. The van der Waals surface area contributed by atoms with Crippen molar-refractivity contribution in [2.45, 2.75) is 39.2 Å². The molecule has 0 bridgehead atoms. The minimum absolute atomic E-state index is 0.0754. The van der Waals surface area contributed by atoms with Crippen LogP contribution in [-0.2, 0) is 4.79 Å². The van der Waals surface area contributed by atoms with Gasteiger partial charge in [-0.25, -0.2) is 0 Å². The molecule has 0 spiro atoms. The molecule has 1 unspecified atom stereocenters. The molecule has 0 aliphatic carbocycles. The Morgan fingerprint density at radius 3 is 2.47 bits per heavy atom. The molecule has 0 radical (unpaired) electrons. The van der Waals surface area contributed by atoms with Crippen LogP contribution in [0, 0.1) is 5.41 Å². The van der Waals surface area contributed by atoms with Crippen molar-refractivity contribution in [3.05, 3.63) is 0 Å². The zero-order valence-corrected chi connectivity index (χ0v) is 11.8. The minimum Gasteiger partial charge on any atom is -0.379 e. The van der Waals surface area contributed by atoms with Crippen LogP contribution in [0.3, 0.4) is 0 Å². The SMILES string of the molecule is CN(C)CC1(O)CCCN(CC(C)(C)C)C1=O. The zero-order chi connectivity index (χ0) is 13.3. The lowest BCUT2D eigenvalue weighted by atomic mass is 9.88. The van der Waals surface area contributed by atoms with Gasteiger partial charge < -0.3 is 14.9 Å². The number of carbonyl (C=O) groups is 1. The Bertz CT molecular complexity index is 284. The number of nitrogens with zero attached hydrogens (tertiary/aromatic N) is 2. The average Bonchev–Trinajstić information content (AvgIpc) is 2.09. The van der Waals surface area contributed by atoms with Crippen molar-refractivity contribution in [1.29, 1.82) is 0 Å². The molecule has 1 amide bonds. The topological polar surface area (TPSA) is 43.8 Å². The third-order valence-electron chi connectivity index (χ3n) is 2.95. The predicted molar refractivity (Wildman–Crippen MR) is 68.8 cm³/mol. The number of rotatable bonds is 3. The number of carbonyl (C=O) groups excluding carboxylic acids is 1. The molecule has 17 heavy (non-hydrogen) atoms. The highest BCUT2D eigenvalue weighted by atomic mass is 16.3. The second-order valence-corrected chi connectivity index (χ2v) is 6.66. The summed E-state index contributed by atoms with van der Waals surface area (Å²) in [5.74, 6) is -0.104. The van der Waals surface area contributed by atoms with Gasteiger partial charge in [0.1, 0.15) is 0 Å². The van der Waals surface area contributed by atoms with Crippen LogP contribution < -0.4 is 0 Å². The van der Waals surface area contributed by atoms with Crippen LogP contribution in [0.2, 0.25) is 0 Å². The van der Waals surface area contributed by atoms with Gasteiger partial charge in [0.15, 0.2) is 5.60 Å². The van der Waals surface area contributed by atoms with E-state index in [4.69, 9.17) is 0 Å². The van der Waals surface area contributed by atoms with Gasteiger partial charge in [-0.2, -0.15) is 0 Å². The maximum Gasteiger partial charge on any atom is 0.255 e. The van der Waals surface area contributed by atoms with E-state index in [-0.39, 0.29) is 11.3 Å². The van der Waals surface area contributed by atoms with Crippen molar-refractivity contribution in [2.75, 3.05) is 33.7 Å². The van der Waals surface area contributed by atoms with Crippen molar-refractivity contribution in [1.82, 2.24) is 9.80 Å². The van der Waals surface area contributed by atoms with Gasteiger partial charge in [0.05, 0.1) is 0 Å². The normalized spacial score (nSPS) is 26.8. The predicted octanol–water partition coefficient (Wildman–Crippen LogP) is 0.948. The average molecular weight is 242 g/mol. The lowest BCUT2D eigenvalue weighted by Crippen LogP contribution is -2.58. The van der Waals surface area contributed by atoms with E-state index in [0.29, 0.717) is 19.5 Å². The number of aliphatic hydroxyl groups is 1. The molecular weight excluding hydrogens is 216 g/mol. The molecule has 4 nitrogen and oxygen atoms in total. The summed E-state index contributed by atoms with van der Waals surface area (Å²) in [6, 6.07) is 0. The molecule has 1 rings (SSSR count). The van der Waals surface area contributed by atoms with Gasteiger partial charge >= 0.3 is 0 Å². The molecular formula is C13H26N2O2. The highest BCUT2D eigenvalue weighted by molar-refractivity contribution is 5.86. The molecule has 1 saturated heterocycles. The molecule has 0 aromatic rings. The quantitative estimate of drug-likeness (QED) is 0.801. The van der Waals surface area contributed by atoms with Gasteiger partial charge in [-0.15, -0.1) is 0 Å². The Morgan fingerprint density at radius 2 is 2.00 bits per heavy atom. The lowest BCUT2D eigenvalue weighted by molar-refractivity contribution is -0.160. The van der Waals surface area contributed by atoms with E-state index in [2.05, 4.69) is 20.8 Å². The number of piperidine rings is 1. The summed E-state index contributed by atoms with van der Waals surface area (Å²) in [5, 5.41) is 10.4. The van der Waals surface area contributed by atoms with Crippen LogP contribution >= 0.6 is 0 Å². The van der Waals surface area contributed by atoms with Gasteiger partial charge in [-0.05, 0) is 32.4 Å². The number of likely N-dealkylation sites (tertiary alicyclic amines) is 1. The van der Waals surface area contributed by atoms with Crippen LogP contribution in [0.4, 0.5) is 0 Å². The Kier molecular flexibility index (Phi) is 4.20. The van der Waals surface area contributed by atoms with Crippen LogP contribution in [0.15, 0.2) is 0 Å². The van der Waals surface area contributed by atoms with E-state index in [1.165, 1.54) is 0 Å². The second kappa shape index (κ2) is 4.94. The first-order valence-electron chi connectivity index (χ1n) is 6.31. The van der Waals surface area contributed by atoms with E-state index in [0.717, 1.165) is 13.0 Å². The molecule has 1 aliphatic rings. The largest absolute Gasteiger partial charge is 0.379 e. The van der Waals surface area contributed by atoms with Crippen molar-refractivity contribution >= 4 is 5.91 Å². The zero-order valence-electron chi connectivity index (χ0n) is 11.8. The van der Waals surface area contributed by atoms with Crippen LogP contribution in [-0.4, -0.2) is 60.1 Å². The van der Waals surface area contributed by atoms with Crippen LogP contribution in [0.25, 0.3) is 0 Å². The third kappa shape index (κ3) is 3.96. The maximum atomic E-state index is 12.3. The first-order chi connectivity index (χ1) is 7.64. The number of hydrogen-bond donors (Lipinski definition) is 1. The van der Waals surface area contributed by atoms with E-state index >= 15 is 0 Å². The van der Waals surface area contributed by atoms with Crippen molar-refractivity contribution in [3.63, 3.8) is 0 Å². The fraction of sp³-hybridized carbons (Fsp3) is 0.923. The van der Waals surface area contributed by atoms with Crippen molar-refractivity contribution in [2.24, 2.45) is 5.41 Å². The number of hydrogen-bond acceptors (Lipinski definition) is 3. The third-order valence-corrected chi connectivity index (χ3v) is 2.95. The van der Waals surface area contributed by atoms with E-state index in [9.17, 15) is 9.90 Å². The van der Waals surface area contributed by atoms with Gasteiger partial charge in [-0.3, -0.25) is 4.79 Å². The van der Waals surface area contributed by atoms with E-state index in [1.807, 2.05) is 23.9 Å². The Labute approximate surface area is 105 Å². The Balaban J connectivity index is 2.74. The fourth-order valence-corrected chi connectivity index (χ4v) is 2.46. The first kappa shape index (κ1) is 14.5. The first-order valence-corrected chi connectivity index (χ1v) is 6.31. The van der Waals surface area contributed by atoms with Crippen LogP contribution in [0.1, 0.15) is 33.6 Å². The van der Waals surface area contributed by atoms with Crippen LogP contribution in [0.5, 0.6) is 0 Å². The number of likely N-dealkylation sites (N-methyl/N-ethyl adjacent to an activating group) is 1. The summed E-state index contributed by atoms with van der Waals surface area (Å²) in [5.41, 5.74) is -1.11. The smallest absolute Gasteiger partial charge is 0.255 e. The summed E-state index contributed by atoms with van der Waals surface area (Å²) in [7, 11) is 3.77. The summed E-state index contributed by atoms with van der Waals surface area (Å²) >= 11 is 0. The van der Waals surface area contributed by atoms with E-state index < -0.39 is 5.60 Å². The molecule has 0 saturated carbocycles. The summed E-state index contributed by atoms with van der Waals surface area (Å²) in [6.07, 6.45) is 1.46. The van der Waals surface area contributed by atoms with Gasteiger partial charge in [0, 0.05) is 19.6 Å². The van der Waals surface area contributed by atoms with Crippen molar-refractivity contribution in [3.8, 4) is 0 Å². The summed E-state index contributed by atoms with van der Waals surface area (Å²) in [4.78, 5) is 16.0. The second-order valence-electron chi connectivity index (χ2n) is 6.66. The fourth-order valence-electron chi connectivity index (χ4n) is 2.46. The standard InChI is InChI=1S/C13H26N2O2/c1-12(2,3)9-15-8-6-7-13(17,11(15)16)10-14(4)5/h17H,6-10H2,1-5H3. The minimum atomic E-state index is -1.19. The summed E-state index contributed by atoms with van der Waals surface area (Å²) in [6.45, 7) is 8.22. The van der Waals surface area contributed by atoms with Gasteiger partial charge in [0.25, 0.3) is 5.91 Å². The highest BCUT2D eigenvalue weighted by Crippen LogP contribution is 2.26. The number of amides is 1. The molecule has 1 heterocycles. The molecule has 100 valence electrons. The molecule has 0 aromatic heterocycles. The van der Waals surface area contributed by atoms with Gasteiger partial charge in [-0.1, -0.05) is 20.8 Å². The summed E-state index contributed by atoms with van der Waals surface area (Å²) < 4.78 is 0. The molecule has 1 aliphatic heterocycles. The Hall–Kier alpha value is -0.610. The lowest BCUT2D eigenvalue weighted by Gasteiger charge is -2.41. The van der Waals surface area contributed by atoms with E-state index in [1.54, 1.807) is 0 Å². The molecule has 1 atom stereocenters. The molecule has 4 heteroatoms. The Morgan fingerprint density at radius 1 is 1.41 bits per heavy atom. The molecule has 0 aromatic carbocycles. The monoisotopic (exact) mass is 242 g/mol. The van der Waals surface area contributed by atoms with Crippen molar-refractivity contribution < 1.29 is 9.90 Å². The van der Waals surface area contributed by atoms with Gasteiger partial charge in [0.2, 0.25) is 0 Å². The molecule has 1 N–H and O–H groups in total.